The van der Waals surface area contributed by atoms with Crippen LogP contribution in [-0.2, 0) is 9.84 Å². The Bertz CT molecular complexity index is 403. The van der Waals surface area contributed by atoms with Crippen LogP contribution in [0.2, 0.25) is 0 Å². The molecular formula is C9H11FO4S. The first-order valence-electron chi connectivity index (χ1n) is 4.22. The van der Waals surface area contributed by atoms with Gasteiger partial charge in [0.2, 0.25) is 15.3 Å². The van der Waals surface area contributed by atoms with Crippen LogP contribution in [0.5, 0.6) is 0 Å². The number of halogens is 1. The molecule has 6 heteroatoms. The van der Waals surface area contributed by atoms with Crippen molar-refractivity contribution in [2.24, 2.45) is 0 Å². The van der Waals surface area contributed by atoms with E-state index in [1.54, 1.807) is 6.07 Å². The predicted molar refractivity (Wildman–Crippen MR) is 51.6 cm³/mol. The molecule has 0 aliphatic rings. The van der Waals surface area contributed by atoms with E-state index in [1.807, 2.05) is 0 Å². The molecule has 84 valence electrons. The van der Waals surface area contributed by atoms with Gasteiger partial charge in [0.05, 0.1) is 11.5 Å². The van der Waals surface area contributed by atoms with Gasteiger partial charge < -0.3 is 10.2 Å². The first kappa shape index (κ1) is 12.1. The topological polar surface area (TPSA) is 74.6 Å². The highest BCUT2D eigenvalue weighted by molar-refractivity contribution is 7.92. The molecule has 0 bridgehead atoms. The third kappa shape index (κ3) is 2.53. The number of rotatable bonds is 4. The van der Waals surface area contributed by atoms with Gasteiger partial charge in [-0.2, -0.15) is 0 Å². The van der Waals surface area contributed by atoms with Gasteiger partial charge in [-0.1, -0.05) is 18.2 Å². The van der Waals surface area contributed by atoms with Crippen LogP contribution in [-0.4, -0.2) is 36.8 Å². The van der Waals surface area contributed by atoms with Crippen LogP contribution in [0.3, 0.4) is 0 Å². The fourth-order valence-electron chi connectivity index (χ4n) is 1.03. The van der Waals surface area contributed by atoms with Gasteiger partial charge in [0.15, 0.2) is 0 Å². The van der Waals surface area contributed by atoms with Gasteiger partial charge in [-0.05, 0) is 12.1 Å². The number of sulfone groups is 1. The van der Waals surface area contributed by atoms with Crippen molar-refractivity contribution in [1.82, 2.24) is 0 Å². The third-order valence-electron chi connectivity index (χ3n) is 1.86. The van der Waals surface area contributed by atoms with E-state index in [2.05, 4.69) is 0 Å². The Morgan fingerprint density at radius 3 is 2.27 bits per heavy atom. The molecule has 1 aromatic rings. The van der Waals surface area contributed by atoms with Crippen molar-refractivity contribution in [2.45, 2.75) is 16.5 Å². The van der Waals surface area contributed by atoms with Gasteiger partial charge in [-0.3, -0.25) is 0 Å². The molecule has 0 amide bonds. The normalized spacial score (nSPS) is 15.9. The monoisotopic (exact) mass is 234 g/mol. The molecule has 0 heterocycles. The smallest absolute Gasteiger partial charge is 0.233 e. The minimum absolute atomic E-state index is 0.218. The zero-order chi connectivity index (χ0) is 11.5. The number of hydrogen-bond donors (Lipinski definition) is 2. The summed E-state index contributed by atoms with van der Waals surface area (Å²) in [6, 6.07) is 6.95. The maximum atomic E-state index is 13.3. The molecule has 0 aliphatic carbocycles. The van der Waals surface area contributed by atoms with Crippen molar-refractivity contribution < 1.29 is 23.0 Å². The van der Waals surface area contributed by atoms with Gasteiger partial charge >= 0.3 is 0 Å². The first-order valence-corrected chi connectivity index (χ1v) is 5.76. The van der Waals surface area contributed by atoms with E-state index in [1.165, 1.54) is 24.3 Å². The van der Waals surface area contributed by atoms with E-state index in [-0.39, 0.29) is 4.90 Å². The molecule has 1 unspecified atom stereocenters. The Morgan fingerprint density at radius 1 is 1.27 bits per heavy atom. The molecule has 1 aromatic carbocycles. The van der Waals surface area contributed by atoms with Gasteiger partial charge in [0.1, 0.15) is 6.10 Å². The van der Waals surface area contributed by atoms with Crippen LogP contribution in [0.1, 0.15) is 0 Å². The maximum absolute atomic E-state index is 13.3. The second-order valence-electron chi connectivity index (χ2n) is 2.96. The lowest BCUT2D eigenvalue weighted by molar-refractivity contribution is 0.0579. The van der Waals surface area contributed by atoms with Crippen LogP contribution < -0.4 is 0 Å². The summed E-state index contributed by atoms with van der Waals surface area (Å²) < 4.78 is 36.2. The third-order valence-corrected chi connectivity index (χ3v) is 3.69. The number of benzene rings is 1. The summed E-state index contributed by atoms with van der Waals surface area (Å²) in [5.41, 5.74) is -2.51. The predicted octanol–water partition coefficient (Wildman–Crippen LogP) is 0.109. The summed E-state index contributed by atoms with van der Waals surface area (Å²) in [5.74, 6) is 0. The summed E-state index contributed by atoms with van der Waals surface area (Å²) in [7, 11) is -4.23. The zero-order valence-electron chi connectivity index (χ0n) is 7.75. The van der Waals surface area contributed by atoms with Crippen LogP contribution in [0.4, 0.5) is 4.39 Å². The highest BCUT2D eigenvalue weighted by Crippen LogP contribution is 2.18. The first-order chi connectivity index (χ1) is 7.00. The summed E-state index contributed by atoms with van der Waals surface area (Å²) in [4.78, 5) is -0.218. The van der Waals surface area contributed by atoms with Gasteiger partial charge in [0.25, 0.3) is 0 Å². The highest BCUT2D eigenvalue weighted by Gasteiger charge is 2.33. The molecule has 4 nitrogen and oxygen atoms in total. The highest BCUT2D eigenvalue weighted by atomic mass is 32.2. The Balaban J connectivity index is 3.04. The molecule has 0 saturated carbocycles. The quantitative estimate of drug-likeness (QED) is 0.775. The number of hydrogen-bond acceptors (Lipinski definition) is 4. The lowest BCUT2D eigenvalue weighted by Gasteiger charge is -2.13. The van der Waals surface area contributed by atoms with E-state index in [0.29, 0.717) is 0 Å². The van der Waals surface area contributed by atoms with Crippen LogP contribution in [0, 0.1) is 0 Å². The summed E-state index contributed by atoms with van der Waals surface area (Å²) >= 11 is 0. The maximum Gasteiger partial charge on any atom is 0.233 e. The molecular weight excluding hydrogens is 223 g/mol. The standard InChI is InChI=1S/C9H11FO4S/c10-9(8(12)6-11)15(13,14)7-4-2-1-3-5-7/h1-5,8-9,11-12H,6H2/t8-,9?/m1/s1. The molecule has 1 rings (SSSR count). The minimum atomic E-state index is -4.23. The van der Waals surface area contributed by atoms with E-state index in [9.17, 15) is 12.8 Å². The molecule has 15 heavy (non-hydrogen) atoms. The second kappa shape index (κ2) is 4.69. The fourth-order valence-corrected chi connectivity index (χ4v) is 2.33. The van der Waals surface area contributed by atoms with E-state index in [0.717, 1.165) is 0 Å². The number of alkyl halides is 1. The average Bonchev–Trinajstić information content (AvgIpc) is 2.28. The lowest BCUT2D eigenvalue weighted by Crippen LogP contribution is -2.32. The van der Waals surface area contributed by atoms with Crippen molar-refractivity contribution in [1.29, 1.82) is 0 Å². The lowest BCUT2D eigenvalue weighted by atomic mass is 10.4. The Labute approximate surface area is 86.9 Å². The largest absolute Gasteiger partial charge is 0.394 e. The SMILES string of the molecule is O=S(=O)(c1ccccc1)C(F)[C@H](O)CO. The molecule has 2 atom stereocenters. The summed E-state index contributed by atoms with van der Waals surface area (Å²) in [6.45, 7) is -0.937. The van der Waals surface area contributed by atoms with E-state index < -0.39 is 28.1 Å². The Hall–Kier alpha value is -0.980. The molecule has 0 radical (unpaired) electrons. The number of aliphatic hydroxyl groups is 2. The summed E-state index contributed by atoms with van der Waals surface area (Å²) in [5, 5.41) is 17.4. The Kier molecular flexibility index (Phi) is 3.78. The van der Waals surface area contributed by atoms with Crippen LogP contribution in [0.25, 0.3) is 0 Å². The molecule has 0 fully saturated rings. The molecule has 0 saturated heterocycles. The molecule has 2 N–H and O–H groups in total. The van der Waals surface area contributed by atoms with Crippen molar-refractivity contribution >= 4 is 9.84 Å². The molecule has 0 spiro atoms. The van der Waals surface area contributed by atoms with Gasteiger partial charge in [-0.25, -0.2) is 12.8 Å². The molecule has 0 aromatic heterocycles. The van der Waals surface area contributed by atoms with Crippen molar-refractivity contribution in [3.05, 3.63) is 30.3 Å². The van der Waals surface area contributed by atoms with Crippen LogP contribution >= 0.6 is 0 Å². The summed E-state index contributed by atoms with van der Waals surface area (Å²) in [6.07, 6.45) is -1.92. The fraction of sp³-hybridized carbons (Fsp3) is 0.333. The van der Waals surface area contributed by atoms with Gasteiger partial charge in [0, 0.05) is 0 Å². The van der Waals surface area contributed by atoms with Gasteiger partial charge in [-0.15, -0.1) is 0 Å². The minimum Gasteiger partial charge on any atom is -0.394 e. The van der Waals surface area contributed by atoms with E-state index >= 15 is 0 Å². The van der Waals surface area contributed by atoms with Crippen LogP contribution in [0.15, 0.2) is 35.2 Å². The number of aliphatic hydroxyl groups excluding tert-OH is 2. The van der Waals surface area contributed by atoms with Crippen molar-refractivity contribution in [3.8, 4) is 0 Å². The average molecular weight is 234 g/mol. The molecule has 0 aliphatic heterocycles. The zero-order valence-corrected chi connectivity index (χ0v) is 8.56. The Morgan fingerprint density at radius 2 is 1.80 bits per heavy atom. The van der Waals surface area contributed by atoms with Crippen molar-refractivity contribution in [2.75, 3.05) is 6.61 Å². The second-order valence-corrected chi connectivity index (χ2v) is 4.97. The van der Waals surface area contributed by atoms with E-state index in [4.69, 9.17) is 10.2 Å². The van der Waals surface area contributed by atoms with Crippen molar-refractivity contribution in [3.63, 3.8) is 0 Å².